The van der Waals surface area contributed by atoms with Gasteiger partial charge < -0.3 is 14.6 Å². The van der Waals surface area contributed by atoms with Gasteiger partial charge in [0.2, 0.25) is 0 Å². The Labute approximate surface area is 94.9 Å². The lowest BCUT2D eigenvalue weighted by molar-refractivity contribution is 0.110. The molecule has 0 saturated carbocycles. The molecule has 1 aliphatic heterocycles. The van der Waals surface area contributed by atoms with E-state index < -0.39 is 0 Å². The van der Waals surface area contributed by atoms with Gasteiger partial charge in [-0.05, 0) is 22.0 Å². The Morgan fingerprint density at radius 1 is 1.40 bits per heavy atom. The molecule has 5 heteroatoms. The number of aliphatic hydroxyl groups is 1. The molecule has 2 rings (SSSR count). The zero-order chi connectivity index (χ0) is 10.8. The van der Waals surface area contributed by atoms with Crippen molar-refractivity contribution in [1.29, 1.82) is 0 Å². The molecule has 1 N–H and O–H groups in total. The fourth-order valence-corrected chi connectivity index (χ4v) is 2.04. The minimum absolute atomic E-state index is 0.149. The molecule has 15 heavy (non-hydrogen) atoms. The van der Waals surface area contributed by atoms with Gasteiger partial charge in [0.05, 0.1) is 12.2 Å². The van der Waals surface area contributed by atoms with E-state index in [-0.39, 0.29) is 6.61 Å². The second-order valence-electron chi connectivity index (χ2n) is 3.06. The van der Waals surface area contributed by atoms with E-state index in [1.807, 2.05) is 0 Å². The van der Waals surface area contributed by atoms with Gasteiger partial charge >= 0.3 is 0 Å². The van der Waals surface area contributed by atoms with Gasteiger partial charge in [0.15, 0.2) is 17.8 Å². The van der Waals surface area contributed by atoms with Gasteiger partial charge in [-0.1, -0.05) is 0 Å². The van der Waals surface area contributed by atoms with E-state index >= 15 is 0 Å². The molecule has 0 unspecified atom stereocenters. The molecule has 0 aliphatic carbocycles. The Morgan fingerprint density at radius 3 is 2.67 bits per heavy atom. The molecule has 0 fully saturated rings. The van der Waals surface area contributed by atoms with E-state index in [4.69, 9.17) is 14.6 Å². The van der Waals surface area contributed by atoms with Crippen LogP contribution in [-0.4, -0.2) is 24.6 Å². The maximum Gasteiger partial charge on any atom is 0.173 e. The van der Waals surface area contributed by atoms with Crippen LogP contribution in [0.1, 0.15) is 15.9 Å². The zero-order valence-corrected chi connectivity index (χ0v) is 9.41. The van der Waals surface area contributed by atoms with Crippen LogP contribution in [0.2, 0.25) is 0 Å². The predicted molar refractivity (Wildman–Crippen MR) is 56.4 cm³/mol. The van der Waals surface area contributed by atoms with E-state index in [1.54, 1.807) is 6.07 Å². The maximum atomic E-state index is 10.9. The molecule has 1 heterocycles. The zero-order valence-electron chi connectivity index (χ0n) is 7.83. The van der Waals surface area contributed by atoms with Gasteiger partial charge in [0, 0.05) is 10.0 Å². The number of ether oxygens (including phenoxy) is 2. The summed E-state index contributed by atoms with van der Waals surface area (Å²) in [4.78, 5) is 10.9. The van der Waals surface area contributed by atoms with E-state index in [1.165, 1.54) is 0 Å². The summed E-state index contributed by atoms with van der Waals surface area (Å²) in [6.45, 7) is 0.693. The highest BCUT2D eigenvalue weighted by atomic mass is 79.9. The van der Waals surface area contributed by atoms with Crippen LogP contribution in [0.3, 0.4) is 0 Å². The number of halogens is 1. The van der Waals surface area contributed by atoms with E-state index in [0.717, 1.165) is 0 Å². The Kier molecular flexibility index (Phi) is 2.93. The summed E-state index contributed by atoms with van der Waals surface area (Å²) in [5.74, 6) is 0.878. The molecular formula is C10H9BrO4. The molecule has 0 bridgehead atoms. The van der Waals surface area contributed by atoms with Crippen molar-refractivity contribution in [1.82, 2.24) is 0 Å². The van der Waals surface area contributed by atoms with Crippen LogP contribution in [0.25, 0.3) is 0 Å². The van der Waals surface area contributed by atoms with Crippen molar-refractivity contribution >= 4 is 22.2 Å². The highest BCUT2D eigenvalue weighted by Gasteiger charge is 2.22. The van der Waals surface area contributed by atoms with Crippen molar-refractivity contribution in [3.63, 3.8) is 0 Å². The van der Waals surface area contributed by atoms with Crippen molar-refractivity contribution in [2.75, 3.05) is 13.2 Å². The SMILES string of the molecule is O=Cc1c(Br)cc(CO)c2c1OCCO2. The average Bonchev–Trinajstić information content (AvgIpc) is 2.28. The lowest BCUT2D eigenvalue weighted by atomic mass is 10.1. The summed E-state index contributed by atoms with van der Waals surface area (Å²) in [7, 11) is 0. The van der Waals surface area contributed by atoms with Crippen molar-refractivity contribution < 1.29 is 19.4 Å². The number of hydrogen-bond donors (Lipinski definition) is 1. The quantitative estimate of drug-likeness (QED) is 0.830. The smallest absolute Gasteiger partial charge is 0.173 e. The molecule has 0 saturated heterocycles. The predicted octanol–water partition coefficient (Wildman–Crippen LogP) is 1.53. The standard InChI is InChI=1S/C10H9BrO4/c11-8-3-6(4-12)9-10(7(8)5-13)15-2-1-14-9/h3,5,12H,1-2,4H2. The van der Waals surface area contributed by atoms with Gasteiger partial charge in [-0.25, -0.2) is 0 Å². The first-order chi connectivity index (χ1) is 7.27. The Morgan fingerprint density at radius 2 is 2.07 bits per heavy atom. The van der Waals surface area contributed by atoms with Crippen molar-refractivity contribution in [2.24, 2.45) is 0 Å². The molecule has 4 nitrogen and oxygen atoms in total. The highest BCUT2D eigenvalue weighted by Crippen LogP contribution is 2.40. The fraction of sp³-hybridized carbons (Fsp3) is 0.300. The van der Waals surface area contributed by atoms with Crippen LogP contribution in [0.15, 0.2) is 10.5 Å². The van der Waals surface area contributed by atoms with Gasteiger partial charge in [-0.3, -0.25) is 4.79 Å². The second-order valence-corrected chi connectivity index (χ2v) is 3.92. The molecule has 1 aromatic carbocycles. The largest absolute Gasteiger partial charge is 0.486 e. The van der Waals surface area contributed by atoms with Gasteiger partial charge in [-0.2, -0.15) is 0 Å². The first-order valence-electron chi connectivity index (χ1n) is 4.45. The molecule has 1 aliphatic rings. The lowest BCUT2D eigenvalue weighted by Crippen LogP contribution is -2.18. The number of aldehydes is 1. The summed E-state index contributed by atoms with van der Waals surface area (Å²) in [5, 5.41) is 9.14. The van der Waals surface area contributed by atoms with Crippen molar-refractivity contribution in [3.05, 3.63) is 21.7 Å². The normalized spacial score (nSPS) is 13.7. The number of aliphatic hydroxyl groups excluding tert-OH is 1. The summed E-state index contributed by atoms with van der Waals surface area (Å²) in [6, 6.07) is 1.66. The van der Waals surface area contributed by atoms with E-state index in [2.05, 4.69) is 15.9 Å². The van der Waals surface area contributed by atoms with Crippen LogP contribution in [0.4, 0.5) is 0 Å². The van der Waals surface area contributed by atoms with Crippen LogP contribution >= 0.6 is 15.9 Å². The number of benzene rings is 1. The van der Waals surface area contributed by atoms with Crippen LogP contribution in [0, 0.1) is 0 Å². The molecule has 0 amide bonds. The monoisotopic (exact) mass is 272 g/mol. The topological polar surface area (TPSA) is 55.8 Å². The number of carbonyl (C=O) groups excluding carboxylic acids is 1. The van der Waals surface area contributed by atoms with Crippen molar-refractivity contribution in [3.8, 4) is 11.5 Å². The number of hydrogen-bond acceptors (Lipinski definition) is 4. The molecule has 0 aromatic heterocycles. The van der Waals surface area contributed by atoms with Crippen LogP contribution in [0.5, 0.6) is 11.5 Å². The Balaban J connectivity index is 2.65. The molecular weight excluding hydrogens is 264 g/mol. The first kappa shape index (κ1) is 10.4. The van der Waals surface area contributed by atoms with E-state index in [9.17, 15) is 4.79 Å². The van der Waals surface area contributed by atoms with Crippen LogP contribution in [-0.2, 0) is 6.61 Å². The Bertz CT molecular complexity index is 403. The minimum Gasteiger partial charge on any atom is -0.486 e. The third-order valence-corrected chi connectivity index (χ3v) is 2.82. The van der Waals surface area contributed by atoms with Gasteiger partial charge in [-0.15, -0.1) is 0 Å². The van der Waals surface area contributed by atoms with Gasteiger partial charge in [0.1, 0.15) is 13.2 Å². The van der Waals surface area contributed by atoms with Crippen molar-refractivity contribution in [2.45, 2.75) is 6.61 Å². The number of fused-ring (bicyclic) bond motifs is 1. The molecule has 0 radical (unpaired) electrons. The molecule has 0 spiro atoms. The number of rotatable bonds is 2. The summed E-state index contributed by atoms with van der Waals surface area (Å²) in [5.41, 5.74) is 1.03. The molecule has 1 aromatic rings. The molecule has 0 atom stereocenters. The first-order valence-corrected chi connectivity index (χ1v) is 5.24. The summed E-state index contributed by atoms with van der Waals surface area (Å²) in [6.07, 6.45) is 0.707. The minimum atomic E-state index is -0.149. The maximum absolute atomic E-state index is 10.9. The van der Waals surface area contributed by atoms with E-state index in [0.29, 0.717) is 46.6 Å². The second kappa shape index (κ2) is 4.20. The average molecular weight is 273 g/mol. The third-order valence-electron chi connectivity index (χ3n) is 2.17. The molecule has 80 valence electrons. The highest BCUT2D eigenvalue weighted by molar-refractivity contribution is 9.10. The summed E-state index contributed by atoms with van der Waals surface area (Å²) >= 11 is 3.25. The third kappa shape index (κ3) is 1.72. The van der Waals surface area contributed by atoms with Gasteiger partial charge in [0.25, 0.3) is 0 Å². The van der Waals surface area contributed by atoms with Crippen LogP contribution < -0.4 is 9.47 Å². The Hall–Kier alpha value is -1.07. The lowest BCUT2D eigenvalue weighted by Gasteiger charge is -2.22. The fourth-order valence-electron chi connectivity index (χ4n) is 1.49. The number of carbonyl (C=O) groups is 1. The summed E-state index contributed by atoms with van der Waals surface area (Å²) < 4.78 is 11.4.